The molecule has 17 heavy (non-hydrogen) atoms. The minimum atomic E-state index is -3.83. The van der Waals surface area contributed by atoms with Crippen LogP contribution in [0.25, 0.3) is 0 Å². The number of primary sulfonamides is 1. The van der Waals surface area contributed by atoms with E-state index in [0.717, 1.165) is 6.07 Å². The van der Waals surface area contributed by atoms with Crippen molar-refractivity contribution in [2.45, 2.75) is 29.0 Å². The van der Waals surface area contributed by atoms with Crippen molar-refractivity contribution in [3.05, 3.63) is 29.6 Å². The van der Waals surface area contributed by atoms with E-state index >= 15 is 0 Å². The third kappa shape index (κ3) is 3.26. The Balaban J connectivity index is 2.19. The summed E-state index contributed by atoms with van der Waals surface area (Å²) in [6, 6.07) is 3.82. The molecule has 0 spiro atoms. The summed E-state index contributed by atoms with van der Waals surface area (Å²) in [7, 11) is -3.83. The highest BCUT2D eigenvalue weighted by Gasteiger charge is 2.29. The van der Waals surface area contributed by atoms with Crippen LogP contribution in [0, 0.1) is 11.7 Å². The normalized spacial score (nSPS) is 18.1. The van der Waals surface area contributed by atoms with Gasteiger partial charge < -0.3 is 0 Å². The van der Waals surface area contributed by atoms with Crippen LogP contribution >= 0.6 is 15.9 Å². The molecule has 1 aliphatic carbocycles. The van der Waals surface area contributed by atoms with Crippen molar-refractivity contribution >= 4 is 26.0 Å². The molecule has 1 unspecified atom stereocenters. The van der Waals surface area contributed by atoms with E-state index in [0.29, 0.717) is 17.9 Å². The van der Waals surface area contributed by atoms with E-state index in [4.69, 9.17) is 5.14 Å². The molecule has 1 saturated carbocycles. The molecule has 0 heterocycles. The largest absolute Gasteiger partial charge is 0.238 e. The van der Waals surface area contributed by atoms with E-state index in [-0.39, 0.29) is 9.72 Å². The maximum absolute atomic E-state index is 13.7. The zero-order chi connectivity index (χ0) is 12.6. The summed E-state index contributed by atoms with van der Waals surface area (Å²) in [6.45, 7) is 0. The number of sulfonamides is 1. The van der Waals surface area contributed by atoms with Gasteiger partial charge in [0.15, 0.2) is 0 Å². The highest BCUT2D eigenvalue weighted by molar-refractivity contribution is 9.09. The van der Waals surface area contributed by atoms with Crippen LogP contribution in [0.1, 0.15) is 18.4 Å². The summed E-state index contributed by atoms with van der Waals surface area (Å²) in [5.41, 5.74) is 0.520. The molecule has 2 rings (SSSR count). The maximum atomic E-state index is 13.7. The Morgan fingerprint density at radius 2 is 2.12 bits per heavy atom. The van der Waals surface area contributed by atoms with Gasteiger partial charge >= 0.3 is 0 Å². The third-order valence-electron chi connectivity index (χ3n) is 2.90. The fraction of sp³-hybridized carbons (Fsp3) is 0.455. The molecule has 2 N–H and O–H groups in total. The second kappa shape index (κ2) is 4.66. The molecule has 1 aromatic rings. The summed E-state index contributed by atoms with van der Waals surface area (Å²) in [6.07, 6.45) is 2.92. The average molecular weight is 322 g/mol. The number of halogens is 2. The van der Waals surface area contributed by atoms with Gasteiger partial charge in [-0.05, 0) is 42.9 Å². The summed E-state index contributed by atoms with van der Waals surface area (Å²) in [5.74, 6) is 0.106. The fourth-order valence-electron chi connectivity index (χ4n) is 1.71. The number of nitrogens with two attached hydrogens (primary N) is 1. The van der Waals surface area contributed by atoms with Crippen molar-refractivity contribution in [1.29, 1.82) is 0 Å². The molecule has 3 nitrogen and oxygen atoms in total. The van der Waals surface area contributed by atoms with Crippen molar-refractivity contribution in [1.82, 2.24) is 0 Å². The van der Waals surface area contributed by atoms with Gasteiger partial charge in [0.25, 0.3) is 0 Å². The van der Waals surface area contributed by atoms with Crippen LogP contribution in [-0.2, 0) is 16.4 Å². The molecule has 1 atom stereocenters. The average Bonchev–Trinajstić information content (AvgIpc) is 3.02. The minimum Gasteiger partial charge on any atom is -0.225 e. The number of hydrogen-bond donors (Lipinski definition) is 1. The molecule has 0 radical (unpaired) electrons. The SMILES string of the molecule is NS(=O)(=O)c1ccc(CC(Br)C2CC2)c(F)c1. The van der Waals surface area contributed by atoms with Crippen molar-refractivity contribution in [3.63, 3.8) is 0 Å². The van der Waals surface area contributed by atoms with Crippen LogP contribution in [-0.4, -0.2) is 13.2 Å². The fourth-order valence-corrected chi connectivity index (χ4v) is 3.11. The van der Waals surface area contributed by atoms with Crippen LogP contribution in [0.15, 0.2) is 23.1 Å². The smallest absolute Gasteiger partial charge is 0.225 e. The number of alkyl halides is 1. The molecular formula is C11H13BrFNO2S. The van der Waals surface area contributed by atoms with Gasteiger partial charge in [-0.3, -0.25) is 0 Å². The van der Waals surface area contributed by atoms with E-state index in [1.54, 1.807) is 0 Å². The summed E-state index contributed by atoms with van der Waals surface area (Å²) in [4.78, 5) is 0.0774. The lowest BCUT2D eigenvalue weighted by atomic mass is 10.1. The highest BCUT2D eigenvalue weighted by Crippen LogP contribution is 2.38. The quantitative estimate of drug-likeness (QED) is 0.864. The van der Waals surface area contributed by atoms with Gasteiger partial charge in [-0.2, -0.15) is 0 Å². The first-order chi connectivity index (χ1) is 7.88. The molecular weight excluding hydrogens is 309 g/mol. The third-order valence-corrected chi connectivity index (χ3v) is 4.88. The van der Waals surface area contributed by atoms with Crippen molar-refractivity contribution < 1.29 is 12.8 Å². The zero-order valence-corrected chi connectivity index (χ0v) is 11.5. The van der Waals surface area contributed by atoms with Crippen LogP contribution in [0.2, 0.25) is 0 Å². The summed E-state index contributed by atoms with van der Waals surface area (Å²) >= 11 is 3.52. The number of rotatable bonds is 4. The number of benzene rings is 1. The van der Waals surface area contributed by atoms with Gasteiger partial charge in [0, 0.05) is 4.83 Å². The van der Waals surface area contributed by atoms with E-state index in [1.807, 2.05) is 0 Å². The van der Waals surface area contributed by atoms with Crippen LogP contribution in [0.3, 0.4) is 0 Å². The maximum Gasteiger partial charge on any atom is 0.238 e. The summed E-state index contributed by atoms with van der Waals surface area (Å²) in [5, 5.41) is 4.93. The first-order valence-electron chi connectivity index (χ1n) is 5.33. The van der Waals surface area contributed by atoms with Gasteiger partial charge in [0.05, 0.1) is 4.90 Å². The Morgan fingerprint density at radius 1 is 1.47 bits per heavy atom. The van der Waals surface area contributed by atoms with E-state index in [1.165, 1.54) is 25.0 Å². The molecule has 0 bridgehead atoms. The van der Waals surface area contributed by atoms with Crippen LogP contribution in [0.5, 0.6) is 0 Å². The van der Waals surface area contributed by atoms with Crippen molar-refractivity contribution in [3.8, 4) is 0 Å². The molecule has 6 heteroatoms. The second-order valence-electron chi connectivity index (χ2n) is 4.36. The zero-order valence-electron chi connectivity index (χ0n) is 9.07. The molecule has 0 aromatic heterocycles. The van der Waals surface area contributed by atoms with E-state index in [9.17, 15) is 12.8 Å². The second-order valence-corrected chi connectivity index (χ2v) is 7.09. The lowest BCUT2D eigenvalue weighted by Crippen LogP contribution is -2.13. The van der Waals surface area contributed by atoms with Gasteiger partial charge in [-0.25, -0.2) is 17.9 Å². The Hall–Kier alpha value is -0.460. The minimum absolute atomic E-state index is 0.184. The van der Waals surface area contributed by atoms with Crippen LogP contribution in [0.4, 0.5) is 4.39 Å². The lowest BCUT2D eigenvalue weighted by molar-refractivity contribution is 0.585. The molecule has 1 fully saturated rings. The monoisotopic (exact) mass is 321 g/mol. The Bertz CT molecular complexity index is 528. The number of hydrogen-bond acceptors (Lipinski definition) is 2. The molecule has 1 aromatic carbocycles. The van der Waals surface area contributed by atoms with Gasteiger partial charge in [-0.1, -0.05) is 22.0 Å². The van der Waals surface area contributed by atoms with Gasteiger partial charge in [0.1, 0.15) is 5.82 Å². The van der Waals surface area contributed by atoms with Crippen molar-refractivity contribution in [2.24, 2.45) is 11.1 Å². The Morgan fingerprint density at radius 3 is 2.59 bits per heavy atom. The predicted molar refractivity (Wildman–Crippen MR) is 66.9 cm³/mol. The lowest BCUT2D eigenvalue weighted by Gasteiger charge is -2.09. The van der Waals surface area contributed by atoms with E-state index < -0.39 is 15.8 Å². The highest BCUT2D eigenvalue weighted by atomic mass is 79.9. The molecule has 1 aliphatic rings. The molecule has 0 saturated heterocycles. The topological polar surface area (TPSA) is 60.2 Å². The summed E-state index contributed by atoms with van der Waals surface area (Å²) < 4.78 is 35.8. The van der Waals surface area contributed by atoms with Gasteiger partial charge in [-0.15, -0.1) is 0 Å². The first kappa shape index (κ1) is 13.0. The molecule has 0 amide bonds. The van der Waals surface area contributed by atoms with Gasteiger partial charge in [0.2, 0.25) is 10.0 Å². The Labute approximate surface area is 108 Å². The molecule has 94 valence electrons. The van der Waals surface area contributed by atoms with Crippen LogP contribution < -0.4 is 5.14 Å². The standard InChI is InChI=1S/C11H13BrFNO2S/c12-10(7-1-2-7)5-8-3-4-9(6-11(8)13)17(14,15)16/h3-4,6-7,10H,1-2,5H2,(H2,14,15,16). The van der Waals surface area contributed by atoms with E-state index in [2.05, 4.69) is 15.9 Å². The molecule has 0 aliphatic heterocycles. The predicted octanol–water partition coefficient (Wildman–Crippen LogP) is 2.19. The Kier molecular flexibility index (Phi) is 3.56. The first-order valence-corrected chi connectivity index (χ1v) is 7.79. The van der Waals surface area contributed by atoms with Crippen molar-refractivity contribution in [2.75, 3.05) is 0 Å².